The summed E-state index contributed by atoms with van der Waals surface area (Å²) >= 11 is 1.51. The van der Waals surface area contributed by atoms with E-state index < -0.39 is 9.84 Å². The number of aromatic nitrogens is 4. The minimum atomic E-state index is -3.69. The lowest BCUT2D eigenvalue weighted by Gasteiger charge is -2.23. The lowest BCUT2D eigenvalue weighted by atomic mass is 9.88. The molecule has 10 nitrogen and oxygen atoms in total. The van der Waals surface area contributed by atoms with Crippen molar-refractivity contribution >= 4 is 37.1 Å². The number of hydrogen-bond donors (Lipinski definition) is 2. The van der Waals surface area contributed by atoms with E-state index >= 15 is 0 Å². The SMILES string of the molecule is CC(C)C1CS(=O)(=O)c2c1nc(CCC1CCOCC1)c(-c1cc(=O)[nH]o1)c2-c1cc2ccnc(N[C@@H]3CCc4ncccc43)c2s1. The highest BCUT2D eigenvalue weighted by molar-refractivity contribution is 7.92. The number of aryl methyl sites for hydroxylation is 2. The molecule has 47 heavy (non-hydrogen) atoms. The molecule has 7 heterocycles. The number of hydrogen-bond acceptors (Lipinski definition) is 10. The van der Waals surface area contributed by atoms with E-state index in [0.29, 0.717) is 34.9 Å². The van der Waals surface area contributed by atoms with Crippen LogP contribution in [0, 0.1) is 11.8 Å². The van der Waals surface area contributed by atoms with Gasteiger partial charge in [0, 0.05) is 47.7 Å². The number of aromatic amines is 1. The van der Waals surface area contributed by atoms with Crippen LogP contribution in [0.1, 0.15) is 74.1 Å². The zero-order valence-corrected chi connectivity index (χ0v) is 28.0. The minimum Gasteiger partial charge on any atom is -0.381 e. The third kappa shape index (κ3) is 5.49. The Hall–Kier alpha value is -3.87. The molecule has 244 valence electrons. The fourth-order valence-corrected chi connectivity index (χ4v) is 10.9. The van der Waals surface area contributed by atoms with Gasteiger partial charge in [-0.15, -0.1) is 11.3 Å². The van der Waals surface area contributed by atoms with Gasteiger partial charge < -0.3 is 14.6 Å². The van der Waals surface area contributed by atoms with Crippen LogP contribution in [0.5, 0.6) is 0 Å². The normalized spacial score (nSPS) is 20.6. The first-order chi connectivity index (χ1) is 22.8. The Morgan fingerprint density at radius 3 is 2.72 bits per heavy atom. The highest BCUT2D eigenvalue weighted by Crippen LogP contribution is 2.51. The van der Waals surface area contributed by atoms with Gasteiger partial charge in [0.05, 0.1) is 44.4 Å². The molecule has 1 fully saturated rings. The number of anilines is 1. The maximum atomic E-state index is 14.1. The van der Waals surface area contributed by atoms with Crippen molar-refractivity contribution in [1.29, 1.82) is 0 Å². The molecule has 5 aromatic heterocycles. The van der Waals surface area contributed by atoms with Crippen molar-refractivity contribution in [3.05, 3.63) is 75.7 Å². The van der Waals surface area contributed by atoms with Crippen LogP contribution in [0.3, 0.4) is 0 Å². The molecule has 5 aromatic rings. The molecule has 12 heteroatoms. The highest BCUT2D eigenvalue weighted by atomic mass is 32.2. The second-order valence-electron chi connectivity index (χ2n) is 13.3. The van der Waals surface area contributed by atoms with Gasteiger partial charge in [0.1, 0.15) is 5.82 Å². The summed E-state index contributed by atoms with van der Waals surface area (Å²) in [5, 5.41) is 7.06. The summed E-state index contributed by atoms with van der Waals surface area (Å²) in [5.74, 6) is 1.40. The summed E-state index contributed by atoms with van der Waals surface area (Å²) in [6.45, 7) is 5.60. The largest absolute Gasteiger partial charge is 0.381 e. The lowest BCUT2D eigenvalue weighted by molar-refractivity contribution is 0.0639. The van der Waals surface area contributed by atoms with Gasteiger partial charge in [-0.1, -0.05) is 19.9 Å². The number of rotatable bonds is 8. The van der Waals surface area contributed by atoms with E-state index in [4.69, 9.17) is 19.2 Å². The fraction of sp³-hybridized carbons (Fsp3) is 0.429. The zero-order chi connectivity index (χ0) is 32.3. The third-order valence-corrected chi connectivity index (χ3v) is 13.0. The van der Waals surface area contributed by atoms with E-state index in [9.17, 15) is 13.2 Å². The Morgan fingerprint density at radius 2 is 1.94 bits per heavy atom. The van der Waals surface area contributed by atoms with Gasteiger partial charge in [-0.25, -0.2) is 13.4 Å². The number of nitrogens with one attached hydrogen (secondary N) is 2. The Bertz CT molecular complexity index is 2140. The summed E-state index contributed by atoms with van der Waals surface area (Å²) in [5.41, 5.74) is 4.44. The Balaban J connectivity index is 1.32. The van der Waals surface area contributed by atoms with Gasteiger partial charge in [0.25, 0.3) is 5.56 Å². The van der Waals surface area contributed by atoms with Crippen molar-refractivity contribution in [2.45, 2.75) is 69.2 Å². The van der Waals surface area contributed by atoms with Crippen molar-refractivity contribution in [3.8, 4) is 21.8 Å². The average molecular weight is 672 g/mol. The minimum absolute atomic E-state index is 0.00826. The molecule has 2 aliphatic heterocycles. The Kier molecular flexibility index (Phi) is 7.76. The number of ether oxygens (including phenoxy) is 1. The van der Waals surface area contributed by atoms with E-state index in [1.165, 1.54) is 23.0 Å². The molecule has 1 aliphatic carbocycles. The van der Waals surface area contributed by atoms with Gasteiger partial charge in [-0.3, -0.25) is 14.8 Å². The van der Waals surface area contributed by atoms with Crippen LogP contribution in [0.25, 0.3) is 31.9 Å². The molecule has 0 radical (unpaired) electrons. The molecular formula is C35H37N5O5S2. The number of sulfone groups is 1. The molecule has 2 N–H and O–H groups in total. The zero-order valence-electron chi connectivity index (χ0n) is 26.4. The van der Waals surface area contributed by atoms with Crippen molar-refractivity contribution in [1.82, 2.24) is 20.1 Å². The van der Waals surface area contributed by atoms with Crippen LogP contribution < -0.4 is 10.9 Å². The van der Waals surface area contributed by atoms with Crippen LogP contribution in [0.15, 0.2) is 56.9 Å². The first-order valence-electron chi connectivity index (χ1n) is 16.4. The van der Waals surface area contributed by atoms with Crippen LogP contribution in [0.4, 0.5) is 5.82 Å². The molecule has 0 saturated carbocycles. The highest BCUT2D eigenvalue weighted by Gasteiger charge is 2.43. The molecule has 1 saturated heterocycles. The fourth-order valence-electron chi connectivity index (χ4n) is 7.49. The maximum Gasteiger partial charge on any atom is 0.280 e. The second kappa shape index (κ2) is 12.0. The van der Waals surface area contributed by atoms with Gasteiger partial charge in [-0.2, -0.15) is 5.16 Å². The molecular weight excluding hydrogens is 635 g/mol. The summed E-state index contributed by atoms with van der Waals surface area (Å²) in [4.78, 5) is 27.9. The van der Waals surface area contributed by atoms with Gasteiger partial charge in [0.2, 0.25) is 0 Å². The topological polar surface area (TPSA) is 140 Å². The first-order valence-corrected chi connectivity index (χ1v) is 18.9. The van der Waals surface area contributed by atoms with Crippen LogP contribution in [-0.2, 0) is 27.4 Å². The van der Waals surface area contributed by atoms with Gasteiger partial charge >= 0.3 is 0 Å². The van der Waals surface area contributed by atoms with E-state index in [0.717, 1.165) is 77.5 Å². The number of fused-ring (bicyclic) bond motifs is 3. The second-order valence-corrected chi connectivity index (χ2v) is 16.3. The van der Waals surface area contributed by atoms with Crippen molar-refractivity contribution in [3.63, 3.8) is 0 Å². The molecule has 3 aliphatic rings. The number of pyridine rings is 3. The van der Waals surface area contributed by atoms with Crippen molar-refractivity contribution in [2.75, 3.05) is 24.3 Å². The predicted molar refractivity (Wildman–Crippen MR) is 182 cm³/mol. The molecule has 0 spiro atoms. The van der Waals surface area contributed by atoms with E-state index in [2.05, 4.69) is 35.4 Å². The molecule has 0 amide bonds. The quantitative estimate of drug-likeness (QED) is 0.185. The monoisotopic (exact) mass is 671 g/mol. The third-order valence-electron chi connectivity index (χ3n) is 9.98. The predicted octanol–water partition coefficient (Wildman–Crippen LogP) is 6.69. The number of thiophene rings is 1. The molecule has 2 atom stereocenters. The molecule has 1 unspecified atom stereocenters. The van der Waals surface area contributed by atoms with Gasteiger partial charge in [-0.05, 0) is 79.5 Å². The summed E-state index contributed by atoms with van der Waals surface area (Å²) < 4.78 is 40.5. The van der Waals surface area contributed by atoms with E-state index in [-0.39, 0.29) is 34.1 Å². The smallest absolute Gasteiger partial charge is 0.280 e. The van der Waals surface area contributed by atoms with Crippen molar-refractivity contribution in [2.24, 2.45) is 11.8 Å². The first kappa shape index (κ1) is 30.5. The standard InChI is InChI=1S/C35H37N5O5S2/c1-19(2)23-18-47(42,43)34-31(30(27-17-29(41)40-45-27)26(38-32(23)34)6-5-20-10-14-44-15-11-20)28-16-21-9-13-37-35(33(21)46-28)39-25-8-7-24-22(25)4-3-12-36-24/h3-4,9,12-13,16-17,19-20,23,25H,5-8,10-11,14-15,18H2,1-2H3,(H,37,39)(H,40,41)/t23?,25-/m1/s1. The summed E-state index contributed by atoms with van der Waals surface area (Å²) in [7, 11) is -3.69. The van der Waals surface area contributed by atoms with Crippen molar-refractivity contribution < 1.29 is 17.7 Å². The van der Waals surface area contributed by atoms with E-state index in [1.807, 2.05) is 24.4 Å². The molecule has 0 bridgehead atoms. The van der Waals surface area contributed by atoms with Crippen LogP contribution >= 0.6 is 11.3 Å². The number of nitrogens with zero attached hydrogens (tertiary/aromatic N) is 3. The van der Waals surface area contributed by atoms with Gasteiger partial charge in [0.15, 0.2) is 15.6 Å². The van der Waals surface area contributed by atoms with Crippen LogP contribution in [-0.4, -0.2) is 47.5 Å². The molecule has 0 aromatic carbocycles. The van der Waals surface area contributed by atoms with Crippen LogP contribution in [0.2, 0.25) is 0 Å². The lowest BCUT2D eigenvalue weighted by Crippen LogP contribution is -2.17. The summed E-state index contributed by atoms with van der Waals surface area (Å²) in [6.07, 6.45) is 8.92. The maximum absolute atomic E-state index is 14.1. The molecule has 8 rings (SSSR count). The summed E-state index contributed by atoms with van der Waals surface area (Å²) in [6, 6.07) is 9.56. The Labute approximate surface area is 276 Å². The van der Waals surface area contributed by atoms with E-state index in [1.54, 1.807) is 6.20 Å². The number of H-pyrrole nitrogens is 1. The average Bonchev–Trinajstić information content (AvgIpc) is 3.85. The Morgan fingerprint density at radius 1 is 1.09 bits per heavy atom.